The van der Waals surface area contributed by atoms with Crippen LogP contribution in [-0.2, 0) is 9.59 Å². The van der Waals surface area contributed by atoms with Crippen molar-refractivity contribution in [1.29, 1.82) is 0 Å². The number of hydrogen-bond acceptors (Lipinski definition) is 4. The number of hydrogen-bond donors (Lipinski definition) is 2. The van der Waals surface area contributed by atoms with Crippen molar-refractivity contribution in [3.05, 3.63) is 0 Å². The molecule has 0 aromatic rings. The largest absolute Gasteiger partial charge is 0.361 e. The summed E-state index contributed by atoms with van der Waals surface area (Å²) in [5, 5.41) is 0.646. The topological polar surface area (TPSA) is 72.2 Å². The summed E-state index contributed by atoms with van der Waals surface area (Å²) in [6.07, 6.45) is 2.40. The van der Waals surface area contributed by atoms with Crippen molar-refractivity contribution in [2.75, 3.05) is 0 Å². The fraction of sp³-hybridized carbons (Fsp3) is 0.600. The molecule has 62 valence electrons. The second-order valence-corrected chi connectivity index (χ2v) is 4.48. The summed E-state index contributed by atoms with van der Waals surface area (Å²) < 4.78 is 2.32. The van der Waals surface area contributed by atoms with Crippen LogP contribution in [0.4, 0.5) is 0 Å². The van der Waals surface area contributed by atoms with E-state index in [2.05, 4.69) is 4.72 Å². The van der Waals surface area contributed by atoms with Gasteiger partial charge in [0, 0.05) is 16.2 Å². The molecule has 1 saturated carbocycles. The van der Waals surface area contributed by atoms with E-state index in [-0.39, 0.29) is 0 Å². The van der Waals surface area contributed by atoms with Gasteiger partial charge >= 0.3 is 11.8 Å². The highest BCUT2D eigenvalue weighted by molar-refractivity contribution is 8.76. The molecule has 11 heavy (non-hydrogen) atoms. The van der Waals surface area contributed by atoms with Crippen LogP contribution >= 0.6 is 21.8 Å². The fourth-order valence-electron chi connectivity index (χ4n) is 0.345. The number of nitrogens with one attached hydrogen (secondary N) is 1. The third-order valence-electron chi connectivity index (χ3n) is 1.07. The van der Waals surface area contributed by atoms with Crippen LogP contribution in [0.15, 0.2) is 0 Å². The average molecular weight is 192 g/mol. The molecule has 0 radical (unpaired) electrons. The molecule has 0 atom stereocenters. The minimum absolute atomic E-state index is 0.646. The molecule has 0 spiro atoms. The first-order chi connectivity index (χ1) is 5.20. The Morgan fingerprint density at radius 1 is 1.45 bits per heavy atom. The summed E-state index contributed by atoms with van der Waals surface area (Å²) >= 11 is 0. The van der Waals surface area contributed by atoms with E-state index < -0.39 is 11.8 Å². The second kappa shape index (κ2) is 3.87. The first-order valence-corrected chi connectivity index (χ1v) is 5.33. The Kier molecular flexibility index (Phi) is 3.07. The minimum Gasteiger partial charge on any atom is -0.361 e. The van der Waals surface area contributed by atoms with Crippen LogP contribution in [0.3, 0.4) is 0 Å². The molecule has 4 nitrogen and oxygen atoms in total. The maximum Gasteiger partial charge on any atom is 0.319 e. The molecule has 0 aliphatic heterocycles. The normalized spacial score (nSPS) is 16.0. The first-order valence-electron chi connectivity index (χ1n) is 3.12. The molecule has 0 saturated heterocycles. The molecule has 2 amide bonds. The number of primary amides is 1. The van der Waals surface area contributed by atoms with Crippen LogP contribution in [0.1, 0.15) is 12.8 Å². The SMILES string of the molecule is NC(=O)C(=O)NSSC1CC1. The standard InChI is InChI=1S/C5H8N2O2S2/c6-4(8)5(9)7-11-10-3-1-2-3/h3H,1-2H2,(H2,6,8)(H,7,9). The van der Waals surface area contributed by atoms with Gasteiger partial charge in [0.2, 0.25) is 0 Å². The predicted molar refractivity (Wildman–Crippen MR) is 45.5 cm³/mol. The molecular weight excluding hydrogens is 184 g/mol. The van der Waals surface area contributed by atoms with Gasteiger partial charge in [0.05, 0.1) is 0 Å². The van der Waals surface area contributed by atoms with Crippen LogP contribution in [-0.4, -0.2) is 17.1 Å². The molecule has 0 bridgehead atoms. The Hall–Kier alpha value is -0.360. The number of rotatable bonds is 3. The third-order valence-corrected chi connectivity index (χ3v) is 3.53. The van der Waals surface area contributed by atoms with Crippen LogP contribution in [0.25, 0.3) is 0 Å². The monoisotopic (exact) mass is 192 g/mol. The molecule has 1 aliphatic rings. The number of carbonyl (C=O) groups excluding carboxylic acids is 2. The molecule has 0 heterocycles. The van der Waals surface area contributed by atoms with Gasteiger partial charge in [-0.3, -0.25) is 14.3 Å². The van der Waals surface area contributed by atoms with E-state index in [4.69, 9.17) is 5.73 Å². The van der Waals surface area contributed by atoms with Crippen molar-refractivity contribution < 1.29 is 9.59 Å². The van der Waals surface area contributed by atoms with Gasteiger partial charge in [-0.2, -0.15) is 0 Å². The second-order valence-electron chi connectivity index (χ2n) is 2.17. The average Bonchev–Trinajstić information content (AvgIpc) is 2.71. The molecule has 1 aliphatic carbocycles. The number of nitrogens with two attached hydrogens (primary N) is 1. The van der Waals surface area contributed by atoms with Gasteiger partial charge in [-0.1, -0.05) is 10.8 Å². The van der Waals surface area contributed by atoms with Crippen molar-refractivity contribution in [1.82, 2.24) is 4.72 Å². The molecule has 1 fully saturated rings. The summed E-state index contributed by atoms with van der Waals surface area (Å²) in [7, 11) is 2.74. The lowest BCUT2D eigenvalue weighted by Crippen LogP contribution is -2.31. The number of carbonyl (C=O) groups is 2. The van der Waals surface area contributed by atoms with E-state index in [0.29, 0.717) is 5.25 Å². The van der Waals surface area contributed by atoms with Crippen molar-refractivity contribution >= 4 is 33.6 Å². The van der Waals surface area contributed by atoms with Crippen molar-refractivity contribution in [3.8, 4) is 0 Å². The molecular formula is C5H8N2O2S2. The lowest BCUT2D eigenvalue weighted by Gasteiger charge is -1.97. The van der Waals surface area contributed by atoms with Gasteiger partial charge in [-0.15, -0.1) is 0 Å². The highest BCUT2D eigenvalue weighted by atomic mass is 33.1. The molecule has 0 unspecified atom stereocenters. The van der Waals surface area contributed by atoms with Crippen LogP contribution in [0, 0.1) is 0 Å². The zero-order valence-electron chi connectivity index (χ0n) is 5.70. The van der Waals surface area contributed by atoms with E-state index in [1.165, 1.54) is 23.8 Å². The van der Waals surface area contributed by atoms with Gasteiger partial charge in [-0.05, 0) is 12.8 Å². The summed E-state index contributed by atoms with van der Waals surface area (Å²) in [6.45, 7) is 0. The first kappa shape index (κ1) is 8.73. The number of amides is 2. The van der Waals surface area contributed by atoms with Gasteiger partial charge in [-0.25, -0.2) is 0 Å². The van der Waals surface area contributed by atoms with E-state index in [1.807, 2.05) is 0 Å². The lowest BCUT2D eigenvalue weighted by atomic mass is 10.6. The molecule has 6 heteroatoms. The summed E-state index contributed by atoms with van der Waals surface area (Å²) in [5.41, 5.74) is 4.69. The van der Waals surface area contributed by atoms with E-state index >= 15 is 0 Å². The highest BCUT2D eigenvalue weighted by Crippen LogP contribution is 2.39. The maximum absolute atomic E-state index is 10.5. The van der Waals surface area contributed by atoms with Crippen LogP contribution in [0.5, 0.6) is 0 Å². The van der Waals surface area contributed by atoms with Gasteiger partial charge < -0.3 is 5.73 Å². The minimum atomic E-state index is -0.936. The Labute approximate surface area is 72.2 Å². The Morgan fingerprint density at radius 3 is 2.55 bits per heavy atom. The highest BCUT2D eigenvalue weighted by Gasteiger charge is 2.22. The summed E-state index contributed by atoms with van der Waals surface area (Å²) in [5.74, 6) is -1.67. The quantitative estimate of drug-likeness (QED) is 0.376. The zero-order chi connectivity index (χ0) is 8.27. The van der Waals surface area contributed by atoms with E-state index in [0.717, 1.165) is 0 Å². The fourth-order valence-corrected chi connectivity index (χ4v) is 2.39. The van der Waals surface area contributed by atoms with Crippen molar-refractivity contribution in [2.45, 2.75) is 18.1 Å². The van der Waals surface area contributed by atoms with Crippen molar-refractivity contribution in [2.24, 2.45) is 5.73 Å². The molecule has 0 aromatic heterocycles. The van der Waals surface area contributed by atoms with Crippen LogP contribution < -0.4 is 10.5 Å². The Balaban J connectivity index is 2.01. The predicted octanol–water partition coefficient (Wildman–Crippen LogP) is 0.0467. The lowest BCUT2D eigenvalue weighted by molar-refractivity contribution is -0.136. The van der Waals surface area contributed by atoms with E-state index in [1.54, 1.807) is 10.8 Å². The third kappa shape index (κ3) is 3.52. The van der Waals surface area contributed by atoms with Gasteiger partial charge in [0.25, 0.3) is 0 Å². The Bertz CT molecular complexity index is 181. The zero-order valence-corrected chi connectivity index (χ0v) is 7.33. The summed E-state index contributed by atoms with van der Waals surface area (Å²) in [6, 6.07) is 0. The Morgan fingerprint density at radius 2 is 2.09 bits per heavy atom. The van der Waals surface area contributed by atoms with Crippen molar-refractivity contribution in [3.63, 3.8) is 0 Å². The molecule has 0 aromatic carbocycles. The van der Waals surface area contributed by atoms with Crippen LogP contribution in [0.2, 0.25) is 0 Å². The summed E-state index contributed by atoms with van der Waals surface area (Å²) in [4.78, 5) is 20.7. The molecule has 1 rings (SSSR count). The molecule has 3 N–H and O–H groups in total. The van der Waals surface area contributed by atoms with E-state index in [9.17, 15) is 9.59 Å². The smallest absolute Gasteiger partial charge is 0.319 e. The van der Waals surface area contributed by atoms with Gasteiger partial charge in [0.15, 0.2) is 0 Å². The van der Waals surface area contributed by atoms with Gasteiger partial charge in [0.1, 0.15) is 0 Å². The maximum atomic E-state index is 10.5.